The van der Waals surface area contributed by atoms with Gasteiger partial charge < -0.3 is 4.90 Å². The first-order valence-corrected chi connectivity index (χ1v) is 11.6. The van der Waals surface area contributed by atoms with Crippen LogP contribution in [0.5, 0.6) is 0 Å². The van der Waals surface area contributed by atoms with Crippen LogP contribution >= 0.6 is 0 Å². The Morgan fingerprint density at radius 2 is 1.94 bits per heavy atom. The molecule has 0 aromatic heterocycles. The van der Waals surface area contributed by atoms with Crippen LogP contribution in [0.15, 0.2) is 65.8 Å². The molecule has 0 saturated carbocycles. The first-order valence-electron chi connectivity index (χ1n) is 11.6. The fraction of sp³-hybridized carbons (Fsp3) is 0.357. The van der Waals surface area contributed by atoms with Gasteiger partial charge in [-0.1, -0.05) is 62.4 Å². The van der Waals surface area contributed by atoms with E-state index in [-0.39, 0.29) is 11.4 Å². The van der Waals surface area contributed by atoms with Gasteiger partial charge in [0.2, 0.25) is 5.91 Å². The Bertz CT molecular complexity index is 1140. The maximum Gasteiger partial charge on any atom is 0.244 e. The summed E-state index contributed by atoms with van der Waals surface area (Å²) in [5.41, 5.74) is 7.57. The minimum absolute atomic E-state index is 0.111. The summed E-state index contributed by atoms with van der Waals surface area (Å²) in [4.78, 5) is 15.0. The van der Waals surface area contributed by atoms with Gasteiger partial charge in [-0.05, 0) is 72.2 Å². The Morgan fingerprint density at radius 3 is 2.75 bits per heavy atom. The fourth-order valence-corrected chi connectivity index (χ4v) is 5.07. The van der Waals surface area contributed by atoms with E-state index in [4.69, 9.17) is 0 Å². The molecule has 0 saturated heterocycles. The molecule has 3 aromatic rings. The highest BCUT2D eigenvalue weighted by molar-refractivity contribution is 5.90. The molecule has 0 aliphatic carbocycles. The number of rotatable bonds is 6. The molecule has 0 fully saturated rings. The highest BCUT2D eigenvalue weighted by atomic mass is 16.2. The predicted octanol–water partition coefficient (Wildman–Crippen LogP) is 6.03. The Balaban J connectivity index is 1.46. The van der Waals surface area contributed by atoms with Crippen molar-refractivity contribution in [3.05, 3.63) is 77.4 Å². The van der Waals surface area contributed by atoms with E-state index in [2.05, 4.69) is 79.5 Å². The number of nitrogens with one attached hydrogen (secondary N) is 1. The van der Waals surface area contributed by atoms with Crippen LogP contribution in [0.4, 0.5) is 5.69 Å². The second kappa shape index (κ2) is 9.15. The summed E-state index contributed by atoms with van der Waals surface area (Å²) >= 11 is 0. The minimum Gasteiger partial charge on any atom is -0.366 e. The summed E-state index contributed by atoms with van der Waals surface area (Å²) in [6.45, 7) is 10.3. The van der Waals surface area contributed by atoms with Crippen molar-refractivity contribution in [1.29, 1.82) is 0 Å². The van der Waals surface area contributed by atoms with Crippen LogP contribution < -0.4 is 10.3 Å². The third-order valence-electron chi connectivity index (χ3n) is 6.49. The Hall–Kier alpha value is -3.14. The molecule has 1 amide bonds. The van der Waals surface area contributed by atoms with Crippen LogP contribution in [-0.2, 0) is 11.2 Å². The monoisotopic (exact) mass is 427 g/mol. The topological polar surface area (TPSA) is 44.7 Å². The van der Waals surface area contributed by atoms with E-state index in [0.29, 0.717) is 12.3 Å². The standard InChI is InChI=1S/C28H33N3O/c1-5-15-31-26-14-13-21(16-25(26)20(2)18-28(31,3)4)19-29-30-27(32)17-23-11-8-10-22-9-6-7-12-24(22)23/h6-14,16,19-20H,5,15,17-18H2,1-4H3,(H,30,32)/b29-19-. The van der Waals surface area contributed by atoms with Gasteiger partial charge in [-0.2, -0.15) is 5.10 Å². The number of carbonyl (C=O) groups is 1. The lowest BCUT2D eigenvalue weighted by molar-refractivity contribution is -0.120. The van der Waals surface area contributed by atoms with E-state index in [1.54, 1.807) is 6.21 Å². The molecule has 1 heterocycles. The van der Waals surface area contributed by atoms with Gasteiger partial charge in [0.1, 0.15) is 0 Å². The molecule has 1 unspecified atom stereocenters. The predicted molar refractivity (Wildman–Crippen MR) is 135 cm³/mol. The number of hydrazone groups is 1. The molecule has 0 spiro atoms. The molecule has 32 heavy (non-hydrogen) atoms. The molecule has 0 radical (unpaired) electrons. The summed E-state index contributed by atoms with van der Waals surface area (Å²) in [5, 5.41) is 6.49. The van der Waals surface area contributed by atoms with E-state index in [0.717, 1.165) is 41.3 Å². The summed E-state index contributed by atoms with van der Waals surface area (Å²) in [6.07, 6.45) is 4.31. The molecule has 1 N–H and O–H groups in total. The van der Waals surface area contributed by atoms with Crippen molar-refractivity contribution >= 4 is 28.6 Å². The van der Waals surface area contributed by atoms with E-state index in [1.165, 1.54) is 11.3 Å². The lowest BCUT2D eigenvalue weighted by Crippen LogP contribution is -2.48. The fourth-order valence-electron chi connectivity index (χ4n) is 5.07. The van der Waals surface area contributed by atoms with Crippen molar-refractivity contribution in [2.24, 2.45) is 5.10 Å². The van der Waals surface area contributed by atoms with Gasteiger partial charge in [0.25, 0.3) is 0 Å². The van der Waals surface area contributed by atoms with Gasteiger partial charge in [-0.15, -0.1) is 0 Å². The van der Waals surface area contributed by atoms with Gasteiger partial charge in [-0.25, -0.2) is 5.43 Å². The zero-order valence-electron chi connectivity index (χ0n) is 19.6. The first-order chi connectivity index (χ1) is 15.4. The van der Waals surface area contributed by atoms with Crippen LogP contribution in [0.1, 0.15) is 63.1 Å². The number of hydrogen-bond acceptors (Lipinski definition) is 3. The normalized spacial score (nSPS) is 17.5. The summed E-state index contributed by atoms with van der Waals surface area (Å²) in [6, 6.07) is 20.7. The molecular weight excluding hydrogens is 394 g/mol. The molecule has 1 aliphatic rings. The van der Waals surface area contributed by atoms with Gasteiger partial charge >= 0.3 is 0 Å². The number of hydrogen-bond donors (Lipinski definition) is 1. The quantitative estimate of drug-likeness (QED) is 0.385. The Labute approximate surface area is 191 Å². The average Bonchev–Trinajstić information content (AvgIpc) is 2.77. The van der Waals surface area contributed by atoms with Crippen molar-refractivity contribution < 1.29 is 4.79 Å². The van der Waals surface area contributed by atoms with Crippen LogP contribution in [-0.4, -0.2) is 24.2 Å². The largest absolute Gasteiger partial charge is 0.366 e. The number of carbonyl (C=O) groups excluding carboxylic acids is 1. The van der Waals surface area contributed by atoms with Gasteiger partial charge in [0.05, 0.1) is 12.6 Å². The van der Waals surface area contributed by atoms with E-state index in [1.807, 2.05) is 24.3 Å². The van der Waals surface area contributed by atoms with Crippen LogP contribution in [0.3, 0.4) is 0 Å². The van der Waals surface area contributed by atoms with Crippen molar-refractivity contribution in [2.75, 3.05) is 11.4 Å². The molecule has 1 aliphatic heterocycles. The second-order valence-corrected chi connectivity index (χ2v) is 9.50. The van der Waals surface area contributed by atoms with Crippen LogP contribution in [0.25, 0.3) is 10.8 Å². The van der Waals surface area contributed by atoms with Gasteiger partial charge in [0.15, 0.2) is 0 Å². The zero-order valence-corrected chi connectivity index (χ0v) is 19.6. The lowest BCUT2D eigenvalue weighted by Gasteiger charge is -2.47. The van der Waals surface area contributed by atoms with E-state index < -0.39 is 0 Å². The number of benzene rings is 3. The van der Waals surface area contributed by atoms with Crippen LogP contribution in [0, 0.1) is 0 Å². The molecule has 1 atom stereocenters. The Kier molecular flexibility index (Phi) is 6.31. The molecule has 3 aromatic carbocycles. The summed E-state index contributed by atoms with van der Waals surface area (Å²) in [5.74, 6) is 0.377. The van der Waals surface area contributed by atoms with Crippen molar-refractivity contribution in [3.8, 4) is 0 Å². The molecular formula is C28H33N3O. The highest BCUT2D eigenvalue weighted by Gasteiger charge is 2.35. The molecule has 4 rings (SSSR count). The number of anilines is 1. The van der Waals surface area contributed by atoms with Crippen LogP contribution in [0.2, 0.25) is 0 Å². The van der Waals surface area contributed by atoms with E-state index in [9.17, 15) is 4.79 Å². The van der Waals surface area contributed by atoms with Crippen molar-refractivity contribution in [3.63, 3.8) is 0 Å². The summed E-state index contributed by atoms with van der Waals surface area (Å²) < 4.78 is 0. The van der Waals surface area contributed by atoms with Gasteiger partial charge in [-0.3, -0.25) is 4.79 Å². The van der Waals surface area contributed by atoms with Crippen molar-refractivity contribution in [1.82, 2.24) is 5.43 Å². The SMILES string of the molecule is CCCN1c2ccc(/C=N\NC(=O)Cc3cccc4ccccc34)cc2C(C)CC1(C)C. The number of nitrogens with zero attached hydrogens (tertiary/aromatic N) is 2. The third-order valence-corrected chi connectivity index (χ3v) is 6.49. The third kappa shape index (κ3) is 4.55. The molecule has 166 valence electrons. The molecule has 4 nitrogen and oxygen atoms in total. The second-order valence-electron chi connectivity index (χ2n) is 9.50. The highest BCUT2D eigenvalue weighted by Crippen LogP contribution is 2.43. The van der Waals surface area contributed by atoms with Crippen molar-refractivity contribution in [2.45, 2.75) is 58.4 Å². The number of amides is 1. The molecule has 0 bridgehead atoms. The first kappa shape index (κ1) is 22.1. The smallest absolute Gasteiger partial charge is 0.244 e. The zero-order chi connectivity index (χ0) is 22.7. The molecule has 4 heteroatoms. The minimum atomic E-state index is -0.111. The average molecular weight is 428 g/mol. The number of fused-ring (bicyclic) bond motifs is 2. The maximum atomic E-state index is 12.5. The maximum absolute atomic E-state index is 12.5. The van der Waals surface area contributed by atoms with E-state index >= 15 is 0 Å². The lowest BCUT2D eigenvalue weighted by atomic mass is 9.79. The Morgan fingerprint density at radius 1 is 1.16 bits per heavy atom. The van der Waals surface area contributed by atoms with Gasteiger partial charge in [0, 0.05) is 17.8 Å². The summed E-state index contributed by atoms with van der Waals surface area (Å²) in [7, 11) is 0.